The number of azo groups is 1. The van der Waals surface area contributed by atoms with E-state index in [2.05, 4.69) is 25.5 Å². The largest absolute Gasteiger partial charge is 0.321 e. The predicted molar refractivity (Wildman–Crippen MR) is 115 cm³/mol. The molecule has 1 aliphatic heterocycles. The van der Waals surface area contributed by atoms with Crippen LogP contribution in [0.1, 0.15) is 28.7 Å². The van der Waals surface area contributed by atoms with Gasteiger partial charge in [-0.05, 0) is 30.2 Å². The SMILES string of the molecule is CCc1nc2ncccn2c1C(=O)Nc1ccc(C2=C3C=CC=CC3C(=O)N=N2)cc1. The summed E-state index contributed by atoms with van der Waals surface area (Å²) in [7, 11) is 0. The van der Waals surface area contributed by atoms with Crippen LogP contribution in [-0.4, -0.2) is 26.2 Å². The van der Waals surface area contributed by atoms with Gasteiger partial charge >= 0.3 is 0 Å². The van der Waals surface area contributed by atoms with Crippen molar-refractivity contribution in [3.8, 4) is 0 Å². The van der Waals surface area contributed by atoms with Crippen molar-refractivity contribution < 1.29 is 9.59 Å². The van der Waals surface area contributed by atoms with Crippen molar-refractivity contribution in [1.29, 1.82) is 0 Å². The molecule has 152 valence electrons. The lowest BCUT2D eigenvalue weighted by Crippen LogP contribution is -2.17. The van der Waals surface area contributed by atoms with E-state index in [4.69, 9.17) is 0 Å². The van der Waals surface area contributed by atoms with Gasteiger partial charge in [0.2, 0.25) is 5.78 Å². The molecule has 0 spiro atoms. The maximum atomic E-state index is 13.0. The summed E-state index contributed by atoms with van der Waals surface area (Å²) in [6.45, 7) is 1.95. The highest BCUT2D eigenvalue weighted by atomic mass is 16.2. The van der Waals surface area contributed by atoms with E-state index in [1.54, 1.807) is 35.0 Å². The molecule has 2 aliphatic rings. The van der Waals surface area contributed by atoms with Crippen LogP contribution in [-0.2, 0) is 11.2 Å². The number of fused-ring (bicyclic) bond motifs is 2. The Labute approximate surface area is 177 Å². The van der Waals surface area contributed by atoms with Gasteiger partial charge in [-0.25, -0.2) is 9.97 Å². The minimum atomic E-state index is -0.395. The topological polar surface area (TPSA) is 101 Å². The van der Waals surface area contributed by atoms with Crippen LogP contribution in [0.4, 0.5) is 5.69 Å². The third-order valence-corrected chi connectivity index (χ3v) is 5.26. The predicted octanol–water partition coefficient (Wildman–Crippen LogP) is 3.99. The highest BCUT2D eigenvalue weighted by Crippen LogP contribution is 2.34. The van der Waals surface area contributed by atoms with Crippen molar-refractivity contribution >= 4 is 29.0 Å². The molecule has 0 fully saturated rings. The Morgan fingerprint density at radius 2 is 2.00 bits per heavy atom. The Kier molecular flexibility index (Phi) is 4.59. The van der Waals surface area contributed by atoms with Gasteiger partial charge in [-0.2, -0.15) is 0 Å². The van der Waals surface area contributed by atoms with Crippen molar-refractivity contribution in [1.82, 2.24) is 14.4 Å². The van der Waals surface area contributed by atoms with Gasteiger partial charge in [-0.3, -0.25) is 14.0 Å². The molecule has 8 heteroatoms. The maximum Gasteiger partial charge on any atom is 0.276 e. The van der Waals surface area contributed by atoms with Crippen molar-refractivity contribution in [3.05, 3.63) is 89.6 Å². The molecule has 1 N–H and O–H groups in total. The fourth-order valence-corrected chi connectivity index (χ4v) is 3.75. The first-order valence-corrected chi connectivity index (χ1v) is 9.94. The lowest BCUT2D eigenvalue weighted by molar-refractivity contribution is -0.119. The van der Waals surface area contributed by atoms with Crippen molar-refractivity contribution in [2.24, 2.45) is 16.1 Å². The first-order valence-electron chi connectivity index (χ1n) is 9.94. The minimum absolute atomic E-state index is 0.254. The summed E-state index contributed by atoms with van der Waals surface area (Å²) < 4.78 is 1.69. The number of anilines is 1. The number of aromatic nitrogens is 3. The minimum Gasteiger partial charge on any atom is -0.321 e. The van der Waals surface area contributed by atoms with Crippen LogP contribution in [0.15, 0.2) is 82.8 Å². The number of hydrogen-bond donors (Lipinski definition) is 1. The van der Waals surface area contributed by atoms with Crippen LogP contribution >= 0.6 is 0 Å². The summed E-state index contributed by atoms with van der Waals surface area (Å²) in [6.07, 6.45) is 11.5. The highest BCUT2D eigenvalue weighted by Gasteiger charge is 2.27. The van der Waals surface area contributed by atoms with E-state index in [1.807, 2.05) is 43.4 Å². The van der Waals surface area contributed by atoms with Crippen molar-refractivity contribution in [3.63, 3.8) is 0 Å². The van der Waals surface area contributed by atoms with Gasteiger partial charge in [0.15, 0.2) is 0 Å². The summed E-state index contributed by atoms with van der Waals surface area (Å²) in [5, 5.41) is 10.8. The number of nitrogens with one attached hydrogen (secondary N) is 1. The van der Waals surface area contributed by atoms with Crippen LogP contribution in [0, 0.1) is 5.92 Å². The quantitative estimate of drug-likeness (QED) is 0.703. The molecule has 2 amide bonds. The lowest BCUT2D eigenvalue weighted by atomic mass is 9.89. The number of benzene rings is 1. The summed E-state index contributed by atoms with van der Waals surface area (Å²) in [5.41, 5.74) is 4.10. The molecule has 5 rings (SSSR count). The Hall–Kier alpha value is -4.20. The van der Waals surface area contributed by atoms with Crippen LogP contribution in [0.25, 0.3) is 11.5 Å². The molecule has 0 saturated carbocycles. The summed E-state index contributed by atoms with van der Waals surface area (Å²) in [4.78, 5) is 33.6. The third-order valence-electron chi connectivity index (χ3n) is 5.26. The van der Waals surface area contributed by atoms with E-state index in [0.29, 0.717) is 35.0 Å². The molecule has 2 aromatic heterocycles. The van der Waals surface area contributed by atoms with Crippen LogP contribution in [0.3, 0.4) is 0 Å². The zero-order valence-corrected chi connectivity index (χ0v) is 16.7. The molecule has 1 aliphatic carbocycles. The van der Waals surface area contributed by atoms with E-state index in [-0.39, 0.29) is 11.8 Å². The number of imidazole rings is 1. The van der Waals surface area contributed by atoms with Gasteiger partial charge < -0.3 is 5.32 Å². The Morgan fingerprint density at radius 3 is 2.81 bits per heavy atom. The highest BCUT2D eigenvalue weighted by molar-refractivity contribution is 6.04. The number of nitrogens with zero attached hydrogens (tertiary/aromatic N) is 5. The average Bonchev–Trinajstić information content (AvgIpc) is 3.19. The fraction of sp³-hybridized carbons (Fsp3) is 0.130. The Balaban J connectivity index is 1.43. The number of hydrogen-bond acceptors (Lipinski definition) is 5. The lowest BCUT2D eigenvalue weighted by Gasteiger charge is -2.19. The number of carbonyl (C=O) groups excluding carboxylic acids is 2. The molecule has 0 radical (unpaired) electrons. The van der Waals surface area contributed by atoms with Crippen LogP contribution in [0.2, 0.25) is 0 Å². The molecule has 8 nitrogen and oxygen atoms in total. The Bertz CT molecular complexity index is 1330. The second-order valence-corrected chi connectivity index (χ2v) is 7.15. The molecule has 1 aromatic carbocycles. The molecule has 3 heterocycles. The number of amides is 2. The van der Waals surface area contributed by atoms with Gasteiger partial charge in [0.1, 0.15) is 5.69 Å². The third kappa shape index (κ3) is 3.28. The molecule has 3 aromatic rings. The summed E-state index contributed by atoms with van der Waals surface area (Å²) in [5.74, 6) is -0.421. The Morgan fingerprint density at radius 1 is 1.16 bits per heavy atom. The molecule has 31 heavy (non-hydrogen) atoms. The molecule has 1 unspecified atom stereocenters. The number of aryl methyl sites for hydroxylation is 1. The normalized spacial score (nSPS) is 17.3. The zero-order chi connectivity index (χ0) is 21.4. The zero-order valence-electron chi connectivity index (χ0n) is 16.7. The summed E-state index contributed by atoms with van der Waals surface area (Å²) >= 11 is 0. The van der Waals surface area contributed by atoms with Crippen LogP contribution in [0.5, 0.6) is 0 Å². The second-order valence-electron chi connectivity index (χ2n) is 7.15. The van der Waals surface area contributed by atoms with Crippen LogP contribution < -0.4 is 5.32 Å². The molecule has 0 saturated heterocycles. The van der Waals surface area contributed by atoms with E-state index >= 15 is 0 Å². The molecular formula is C23H18N6O2. The fourth-order valence-electron chi connectivity index (χ4n) is 3.75. The molecule has 1 atom stereocenters. The smallest absolute Gasteiger partial charge is 0.276 e. The first kappa shape index (κ1) is 18.8. The van der Waals surface area contributed by atoms with Crippen molar-refractivity contribution in [2.45, 2.75) is 13.3 Å². The standard InChI is InChI=1S/C23H18N6O2/c1-2-18-20(29-13-5-12-24-23(29)26-18)22(31)25-15-10-8-14(9-11-15)19-16-6-3-4-7-17(16)21(30)28-27-19/h3-13,17H,2H2,1H3,(H,25,31). The monoisotopic (exact) mass is 410 g/mol. The van der Waals surface area contributed by atoms with E-state index < -0.39 is 5.92 Å². The van der Waals surface area contributed by atoms with Gasteiger partial charge in [0.25, 0.3) is 11.8 Å². The van der Waals surface area contributed by atoms with Gasteiger partial charge in [0.05, 0.1) is 17.3 Å². The van der Waals surface area contributed by atoms with Gasteiger partial charge in [-0.15, -0.1) is 10.2 Å². The molecule has 0 bridgehead atoms. The van der Waals surface area contributed by atoms with Crippen molar-refractivity contribution in [2.75, 3.05) is 5.32 Å². The molecular weight excluding hydrogens is 392 g/mol. The number of allylic oxidation sites excluding steroid dienone is 3. The van der Waals surface area contributed by atoms with E-state index in [1.165, 1.54) is 0 Å². The van der Waals surface area contributed by atoms with Gasteiger partial charge in [-0.1, -0.05) is 43.4 Å². The van der Waals surface area contributed by atoms with E-state index in [0.717, 1.165) is 11.1 Å². The number of rotatable bonds is 4. The number of carbonyl (C=O) groups is 2. The second kappa shape index (κ2) is 7.56. The average molecular weight is 410 g/mol. The maximum absolute atomic E-state index is 13.0. The summed E-state index contributed by atoms with van der Waals surface area (Å²) in [6, 6.07) is 9.08. The van der Waals surface area contributed by atoms with E-state index in [9.17, 15) is 9.59 Å². The van der Waals surface area contributed by atoms with Gasteiger partial charge in [0, 0.05) is 23.6 Å². The first-order chi connectivity index (χ1) is 15.2.